The van der Waals surface area contributed by atoms with Crippen LogP contribution in [0.2, 0.25) is 0 Å². The van der Waals surface area contributed by atoms with Gasteiger partial charge in [0.25, 0.3) is 0 Å². The Morgan fingerprint density at radius 2 is 1.74 bits per heavy atom. The topological polar surface area (TPSA) is 167 Å². The summed E-state index contributed by atoms with van der Waals surface area (Å²) in [4.78, 5) is 60.7. The molecule has 1 amide bonds. The molecule has 4 aliphatic carbocycles. The summed E-state index contributed by atoms with van der Waals surface area (Å²) in [6.07, 6.45) is 5.63. The number of carbonyl (C=O) groups excluding carboxylic acids is 4. The fourth-order valence-electron chi connectivity index (χ4n) is 8.22. The van der Waals surface area contributed by atoms with E-state index in [4.69, 9.17) is 9.84 Å². The lowest BCUT2D eigenvalue weighted by Crippen LogP contribution is -2.58. The zero-order chi connectivity index (χ0) is 28.8. The number of ketones is 2. The molecule has 10 nitrogen and oxygen atoms in total. The lowest BCUT2D eigenvalue weighted by Gasteiger charge is -2.58. The van der Waals surface area contributed by atoms with E-state index in [1.165, 1.54) is 12.5 Å². The van der Waals surface area contributed by atoms with E-state index in [1.54, 1.807) is 0 Å². The van der Waals surface area contributed by atoms with Crippen LogP contribution in [0.25, 0.3) is 0 Å². The van der Waals surface area contributed by atoms with Crippen molar-refractivity contribution in [3.8, 4) is 0 Å². The third kappa shape index (κ3) is 5.17. The monoisotopic (exact) mass is 547 g/mol. The highest BCUT2D eigenvalue weighted by molar-refractivity contribution is 5.92. The first-order valence-corrected chi connectivity index (χ1v) is 14.1. The highest BCUT2D eigenvalue weighted by Crippen LogP contribution is 2.67. The zero-order valence-electron chi connectivity index (χ0n) is 23.0. The smallest absolute Gasteiger partial charge is 0.328 e. The van der Waals surface area contributed by atoms with E-state index < -0.39 is 53.4 Å². The first-order valence-electron chi connectivity index (χ1n) is 14.1. The number of aliphatic hydroxyl groups is 2. The summed E-state index contributed by atoms with van der Waals surface area (Å²) in [6.45, 7) is 4.91. The highest BCUT2D eigenvalue weighted by atomic mass is 16.5. The van der Waals surface area contributed by atoms with Gasteiger partial charge in [0.15, 0.2) is 18.4 Å². The largest absolute Gasteiger partial charge is 0.480 e. The van der Waals surface area contributed by atoms with Gasteiger partial charge in [0.2, 0.25) is 11.7 Å². The average Bonchev–Trinajstić information content (AvgIpc) is 3.16. The van der Waals surface area contributed by atoms with E-state index in [-0.39, 0.29) is 30.0 Å². The van der Waals surface area contributed by atoms with Crippen LogP contribution < -0.4 is 5.32 Å². The van der Waals surface area contributed by atoms with Crippen molar-refractivity contribution in [3.63, 3.8) is 0 Å². The van der Waals surface area contributed by atoms with Crippen LogP contribution in [-0.4, -0.2) is 69.1 Å². The molecule has 4 N–H and O–H groups in total. The van der Waals surface area contributed by atoms with Crippen molar-refractivity contribution < 1.29 is 44.0 Å². The van der Waals surface area contributed by atoms with Crippen LogP contribution in [0.1, 0.15) is 85.0 Å². The van der Waals surface area contributed by atoms with Gasteiger partial charge in [0, 0.05) is 18.3 Å². The Morgan fingerprint density at radius 3 is 2.41 bits per heavy atom. The van der Waals surface area contributed by atoms with E-state index in [0.29, 0.717) is 31.1 Å². The van der Waals surface area contributed by atoms with Gasteiger partial charge in [0.1, 0.15) is 5.60 Å². The Kier molecular flexibility index (Phi) is 8.11. The van der Waals surface area contributed by atoms with Crippen molar-refractivity contribution in [2.24, 2.45) is 28.6 Å². The first kappa shape index (κ1) is 29.4. The van der Waals surface area contributed by atoms with Crippen LogP contribution in [0.3, 0.4) is 0 Å². The molecule has 0 bridgehead atoms. The van der Waals surface area contributed by atoms with Gasteiger partial charge in [-0.15, -0.1) is 0 Å². The number of hydrogen-bond acceptors (Lipinski definition) is 8. The van der Waals surface area contributed by atoms with Crippen LogP contribution in [0.4, 0.5) is 0 Å². The molecule has 0 radical (unpaired) electrons. The minimum atomic E-state index is -1.61. The van der Waals surface area contributed by atoms with Gasteiger partial charge in [0.05, 0.1) is 12.5 Å². The molecule has 4 aliphatic rings. The summed E-state index contributed by atoms with van der Waals surface area (Å²) in [5.74, 6) is -2.33. The minimum absolute atomic E-state index is 0.00953. The second-order valence-corrected chi connectivity index (χ2v) is 12.5. The van der Waals surface area contributed by atoms with Gasteiger partial charge < -0.3 is 25.4 Å². The van der Waals surface area contributed by atoms with E-state index in [0.717, 1.165) is 32.1 Å². The fraction of sp³-hybridized carbons (Fsp3) is 0.759. The van der Waals surface area contributed by atoms with Gasteiger partial charge in [-0.1, -0.05) is 19.4 Å². The first-order chi connectivity index (χ1) is 18.2. The summed E-state index contributed by atoms with van der Waals surface area (Å²) in [6, 6.07) is -1.49. The van der Waals surface area contributed by atoms with Gasteiger partial charge in [-0.25, -0.2) is 4.79 Å². The number of aliphatic hydroxyl groups excluding tert-OH is 1. The molecule has 10 heteroatoms. The molecular weight excluding hydrogens is 506 g/mol. The summed E-state index contributed by atoms with van der Waals surface area (Å²) in [5, 5.41) is 32.4. The molecule has 3 fully saturated rings. The molecule has 0 aliphatic heterocycles. The number of carbonyl (C=O) groups is 5. The maximum absolute atomic E-state index is 13.3. The molecule has 8 atom stereocenters. The second-order valence-electron chi connectivity index (χ2n) is 12.5. The third-order valence-corrected chi connectivity index (χ3v) is 10.6. The van der Waals surface area contributed by atoms with Crippen molar-refractivity contribution in [2.45, 2.75) is 103 Å². The molecule has 5 unspecified atom stereocenters. The molecule has 0 aromatic carbocycles. The molecule has 0 heterocycles. The lowest BCUT2D eigenvalue weighted by molar-refractivity contribution is -0.170. The lowest BCUT2D eigenvalue weighted by atomic mass is 9.46. The van der Waals surface area contributed by atoms with Gasteiger partial charge >= 0.3 is 11.9 Å². The molecule has 0 spiro atoms. The standard InChI is InChI=1S/C29H41NO9/c1-16(31)25(26(36)37)30-23(34)6-7-24(35)39-15-22(33)29(38)13-10-21-19-5-4-17-14-18(32)8-11-27(17,2)20(19)9-12-28(21,29)3/h14,16,19-21,25,31,38H,4-13,15H2,1-3H3,(H,30,34)(H,36,37)/t16?,19?,20?,21?,25?,27-,28-,29-/m0/s1. The number of amides is 1. The van der Waals surface area contributed by atoms with Crippen LogP contribution >= 0.6 is 0 Å². The molecule has 3 saturated carbocycles. The SMILES string of the molecule is CC(O)C(NC(=O)CCC(=O)OCC(=O)[C@@]1(O)CCC2C3CCC4=CC(=O)CC[C@]4(C)C3CC[C@@]21C)C(=O)O. The number of aliphatic carboxylic acids is 1. The number of carboxylic acid groups (broad SMARTS) is 1. The molecule has 0 saturated heterocycles. The highest BCUT2D eigenvalue weighted by Gasteiger charge is 2.66. The predicted molar refractivity (Wildman–Crippen MR) is 138 cm³/mol. The van der Waals surface area contributed by atoms with Crippen molar-refractivity contribution in [3.05, 3.63) is 11.6 Å². The number of nitrogens with one attached hydrogen (secondary N) is 1. The number of ether oxygens (including phenoxy) is 1. The fourth-order valence-corrected chi connectivity index (χ4v) is 8.22. The maximum Gasteiger partial charge on any atom is 0.328 e. The van der Waals surface area contributed by atoms with E-state index >= 15 is 0 Å². The van der Waals surface area contributed by atoms with Crippen molar-refractivity contribution in [1.82, 2.24) is 5.32 Å². The molecular formula is C29H41NO9. The Labute approximate surface area is 228 Å². The van der Waals surface area contributed by atoms with Gasteiger partial charge in [-0.3, -0.25) is 19.2 Å². The normalized spacial score (nSPS) is 36.9. The van der Waals surface area contributed by atoms with Crippen molar-refractivity contribution >= 4 is 29.4 Å². The van der Waals surface area contributed by atoms with Crippen LogP contribution in [-0.2, 0) is 28.7 Å². The summed E-state index contributed by atoms with van der Waals surface area (Å²) in [7, 11) is 0. The third-order valence-electron chi connectivity index (χ3n) is 10.6. The average molecular weight is 548 g/mol. The Hall–Kier alpha value is -2.59. The quantitative estimate of drug-likeness (QED) is 0.316. The number of esters is 1. The van der Waals surface area contributed by atoms with E-state index in [1.807, 2.05) is 13.0 Å². The van der Waals surface area contributed by atoms with E-state index in [2.05, 4.69) is 12.2 Å². The molecule has 216 valence electrons. The number of allylic oxidation sites excluding steroid dienone is 1. The molecule has 0 aromatic heterocycles. The summed E-state index contributed by atoms with van der Waals surface area (Å²) in [5.41, 5.74) is -0.985. The zero-order valence-corrected chi connectivity index (χ0v) is 23.0. The predicted octanol–water partition coefficient (Wildman–Crippen LogP) is 2.09. The molecule has 4 rings (SSSR count). The number of rotatable bonds is 9. The van der Waals surface area contributed by atoms with Crippen molar-refractivity contribution in [1.29, 1.82) is 0 Å². The van der Waals surface area contributed by atoms with Gasteiger partial charge in [-0.2, -0.15) is 0 Å². The van der Waals surface area contributed by atoms with Gasteiger partial charge in [-0.05, 0) is 81.1 Å². The number of hydrogen-bond donors (Lipinski definition) is 4. The summed E-state index contributed by atoms with van der Waals surface area (Å²) < 4.78 is 5.13. The van der Waals surface area contributed by atoms with Crippen LogP contribution in [0.15, 0.2) is 11.6 Å². The number of fused-ring (bicyclic) bond motifs is 5. The van der Waals surface area contributed by atoms with E-state index in [9.17, 15) is 34.2 Å². The molecule has 0 aromatic rings. The van der Waals surface area contributed by atoms with Crippen LogP contribution in [0, 0.1) is 28.6 Å². The summed E-state index contributed by atoms with van der Waals surface area (Å²) >= 11 is 0. The van der Waals surface area contributed by atoms with Crippen LogP contribution in [0.5, 0.6) is 0 Å². The Morgan fingerprint density at radius 1 is 1.05 bits per heavy atom. The second kappa shape index (κ2) is 10.8. The van der Waals surface area contributed by atoms with Crippen molar-refractivity contribution in [2.75, 3.05) is 6.61 Å². The Bertz CT molecular complexity index is 1080. The molecule has 39 heavy (non-hydrogen) atoms. The number of carboxylic acids is 1. The maximum atomic E-state index is 13.3. The minimum Gasteiger partial charge on any atom is -0.480 e. The number of Topliss-reactive ketones (excluding diaryl/α,β-unsaturated/α-hetero) is 1. The Balaban J connectivity index is 1.34.